The van der Waals surface area contributed by atoms with Crippen LogP contribution in [0.1, 0.15) is 19.3 Å². The van der Waals surface area contributed by atoms with Gasteiger partial charge in [0.05, 0.1) is 4.90 Å². The molecule has 0 unspecified atom stereocenters. The summed E-state index contributed by atoms with van der Waals surface area (Å²) in [4.78, 5) is 20.4. The zero-order valence-corrected chi connectivity index (χ0v) is 15.8. The van der Waals surface area contributed by atoms with Crippen LogP contribution in [0.2, 0.25) is 0 Å². The van der Waals surface area contributed by atoms with Crippen LogP contribution in [0, 0.1) is 0 Å². The minimum Gasteiger partial charge on any atom is -0.477 e. The van der Waals surface area contributed by atoms with Crippen molar-refractivity contribution in [2.45, 2.75) is 9.10 Å². The van der Waals surface area contributed by atoms with Crippen molar-refractivity contribution in [3.8, 4) is 0 Å². The molecule has 2 aromatic rings. The molecule has 8 nitrogen and oxygen atoms in total. The molecule has 0 aliphatic rings. The number of carboxylic acid groups (broad SMARTS) is 2. The Labute approximate surface area is 152 Å². The van der Waals surface area contributed by atoms with Gasteiger partial charge in [0.2, 0.25) is 0 Å². The largest absolute Gasteiger partial charge is 0.477 e. The Morgan fingerprint density at radius 1 is 0.917 bits per heavy atom. The summed E-state index contributed by atoms with van der Waals surface area (Å²) in [5.41, 5.74) is 0. The third kappa shape index (κ3) is 6.03. The van der Waals surface area contributed by atoms with E-state index in [1.807, 2.05) is 0 Å². The Morgan fingerprint density at radius 3 is 1.71 bits per heavy atom. The van der Waals surface area contributed by atoms with Crippen LogP contribution in [-0.2, 0) is 18.1 Å². The third-order valence-corrected chi connectivity index (χ3v) is 7.67. The van der Waals surface area contributed by atoms with Gasteiger partial charge in [0.25, 0.3) is 18.1 Å². The molecule has 14 heteroatoms. The molecule has 2 rings (SSSR count). The van der Waals surface area contributed by atoms with Gasteiger partial charge in [0, 0.05) is 26.7 Å². The van der Waals surface area contributed by atoms with Gasteiger partial charge in [0.1, 0.15) is 14.0 Å². The summed E-state index contributed by atoms with van der Waals surface area (Å²) in [6, 6.07) is 3.38. The molecule has 132 valence electrons. The van der Waals surface area contributed by atoms with Crippen LogP contribution in [0.4, 0.5) is 0 Å². The van der Waals surface area contributed by atoms with Crippen molar-refractivity contribution in [2.75, 3.05) is 0 Å². The van der Waals surface area contributed by atoms with E-state index < -0.39 is 30.0 Å². The molecule has 0 fully saturated rings. The fourth-order valence-corrected chi connectivity index (χ4v) is 5.04. The number of carbonyl (C=O) groups is 2. The maximum Gasteiger partial charge on any atom is 0.345 e. The summed E-state index contributed by atoms with van der Waals surface area (Å²) in [5.74, 6) is -2.32. The van der Waals surface area contributed by atoms with Gasteiger partial charge < -0.3 is 10.2 Å². The lowest BCUT2D eigenvalue weighted by atomic mass is 10.5. The molecule has 0 aliphatic carbocycles. The number of rotatable bonds is 4. The van der Waals surface area contributed by atoms with Crippen LogP contribution in [0.15, 0.2) is 32.7 Å². The lowest BCUT2D eigenvalue weighted by Crippen LogP contribution is -1.91. The second-order valence-corrected chi connectivity index (χ2v) is 11.1. The van der Waals surface area contributed by atoms with E-state index in [-0.39, 0.29) is 18.9 Å². The van der Waals surface area contributed by atoms with Gasteiger partial charge in [0.15, 0.2) is 0 Å². The number of halogens is 2. The van der Waals surface area contributed by atoms with Gasteiger partial charge in [-0.2, -0.15) is 0 Å². The van der Waals surface area contributed by atoms with Gasteiger partial charge in [-0.05, 0) is 18.2 Å². The molecule has 2 N–H and O–H groups in total. The average molecular weight is 453 g/mol. The number of aromatic carboxylic acids is 2. The van der Waals surface area contributed by atoms with Gasteiger partial charge in [-0.3, -0.25) is 0 Å². The molecule has 0 radical (unpaired) electrons. The lowest BCUT2D eigenvalue weighted by Gasteiger charge is -1.85. The number of thiophene rings is 2. The fraction of sp³-hybridized carbons (Fsp3) is 0. The van der Waals surface area contributed by atoms with Crippen LogP contribution < -0.4 is 0 Å². The predicted octanol–water partition coefficient (Wildman–Crippen LogP) is 2.75. The van der Waals surface area contributed by atoms with E-state index in [1.54, 1.807) is 0 Å². The maximum absolute atomic E-state index is 10.7. The SMILES string of the molecule is O=C(O)c1cc(S(=O)(=O)Cl)cs1.O=C(O)c1ccc(S(=O)(=O)Cl)s1. The first-order chi connectivity index (χ1) is 10.8. The van der Waals surface area contributed by atoms with Gasteiger partial charge in [-0.15, -0.1) is 22.7 Å². The molecule has 2 heterocycles. The van der Waals surface area contributed by atoms with E-state index >= 15 is 0 Å². The summed E-state index contributed by atoms with van der Waals surface area (Å²) in [6.07, 6.45) is 0. The first kappa shape index (κ1) is 20.9. The fourth-order valence-electron chi connectivity index (χ4n) is 1.12. The third-order valence-electron chi connectivity index (χ3n) is 2.10. The zero-order chi connectivity index (χ0) is 18.7. The monoisotopic (exact) mass is 452 g/mol. The smallest absolute Gasteiger partial charge is 0.345 e. The zero-order valence-electron chi connectivity index (χ0n) is 11.0. The van der Waals surface area contributed by atoms with Crippen LogP contribution >= 0.6 is 44.0 Å². The molecule has 0 spiro atoms. The lowest BCUT2D eigenvalue weighted by molar-refractivity contribution is 0.0691. The van der Waals surface area contributed by atoms with Gasteiger partial charge in [-0.25, -0.2) is 26.4 Å². The summed E-state index contributed by atoms with van der Waals surface area (Å²) in [5, 5.41) is 18.1. The Kier molecular flexibility index (Phi) is 6.78. The van der Waals surface area contributed by atoms with Crippen LogP contribution in [0.5, 0.6) is 0 Å². The van der Waals surface area contributed by atoms with E-state index in [0.29, 0.717) is 11.3 Å². The highest BCUT2D eigenvalue weighted by Crippen LogP contribution is 2.24. The van der Waals surface area contributed by atoms with Gasteiger partial charge in [-0.1, -0.05) is 0 Å². The Balaban J connectivity index is 0.000000240. The number of carboxylic acids is 2. The van der Waals surface area contributed by atoms with E-state index in [4.69, 9.17) is 31.6 Å². The van der Waals surface area contributed by atoms with Crippen molar-refractivity contribution in [3.05, 3.63) is 33.3 Å². The van der Waals surface area contributed by atoms with Crippen molar-refractivity contribution in [3.63, 3.8) is 0 Å². The van der Waals surface area contributed by atoms with Crippen LogP contribution in [0.25, 0.3) is 0 Å². The average Bonchev–Trinajstić information content (AvgIpc) is 3.08. The molecule has 0 saturated heterocycles. The maximum atomic E-state index is 10.7. The minimum atomic E-state index is -3.80. The van der Waals surface area contributed by atoms with Crippen LogP contribution in [-0.4, -0.2) is 39.0 Å². The molecule has 0 bridgehead atoms. The molecular formula is C10H6Cl2O8S4. The van der Waals surface area contributed by atoms with E-state index in [2.05, 4.69) is 0 Å². The number of hydrogen-bond acceptors (Lipinski definition) is 8. The quantitative estimate of drug-likeness (QED) is 0.673. The summed E-state index contributed by atoms with van der Waals surface area (Å²) < 4.78 is 42.4. The van der Waals surface area contributed by atoms with Crippen molar-refractivity contribution >= 4 is 74.1 Å². The highest BCUT2D eigenvalue weighted by atomic mass is 35.7. The molecular weight excluding hydrogens is 447 g/mol. The molecule has 0 aromatic carbocycles. The predicted molar refractivity (Wildman–Crippen MR) is 88.6 cm³/mol. The summed E-state index contributed by atoms with van der Waals surface area (Å²) >= 11 is 1.45. The topological polar surface area (TPSA) is 143 Å². The van der Waals surface area contributed by atoms with E-state index in [0.717, 1.165) is 23.5 Å². The second-order valence-electron chi connectivity index (χ2n) is 3.75. The molecule has 0 atom stereocenters. The molecule has 2 aromatic heterocycles. The Morgan fingerprint density at radius 2 is 1.46 bits per heavy atom. The van der Waals surface area contributed by atoms with Crippen molar-refractivity contribution in [2.24, 2.45) is 0 Å². The highest BCUT2D eigenvalue weighted by Gasteiger charge is 2.16. The normalized spacial score (nSPS) is 11.4. The first-order valence-electron chi connectivity index (χ1n) is 5.36. The van der Waals surface area contributed by atoms with E-state index in [1.165, 1.54) is 11.4 Å². The van der Waals surface area contributed by atoms with E-state index in [9.17, 15) is 26.4 Å². The Bertz CT molecular complexity index is 890. The van der Waals surface area contributed by atoms with Crippen LogP contribution in [0.3, 0.4) is 0 Å². The standard InChI is InChI=1S/2C5H3ClO4S2/c6-12(9,10)3-1-4(5(7)8)11-2-3;6-12(9,10)4-2-1-3(11-4)5(7)8/h2*1-2H,(H,7,8). The Hall–Kier alpha value is -1.18. The second kappa shape index (κ2) is 7.80. The first-order valence-corrected chi connectivity index (χ1v) is 11.7. The molecule has 0 saturated carbocycles. The van der Waals surface area contributed by atoms with Crippen molar-refractivity contribution < 1.29 is 36.6 Å². The highest BCUT2D eigenvalue weighted by molar-refractivity contribution is 8.15. The van der Waals surface area contributed by atoms with Crippen molar-refractivity contribution in [1.29, 1.82) is 0 Å². The van der Waals surface area contributed by atoms with Gasteiger partial charge >= 0.3 is 11.9 Å². The molecule has 24 heavy (non-hydrogen) atoms. The number of hydrogen-bond donors (Lipinski definition) is 2. The molecule has 0 amide bonds. The summed E-state index contributed by atoms with van der Waals surface area (Å²) in [6.45, 7) is 0. The summed E-state index contributed by atoms with van der Waals surface area (Å²) in [7, 11) is 2.34. The minimum absolute atomic E-state index is 0.0470. The molecule has 0 aliphatic heterocycles. The van der Waals surface area contributed by atoms with Crippen molar-refractivity contribution in [1.82, 2.24) is 0 Å².